The minimum atomic E-state index is -1.60. The van der Waals surface area contributed by atoms with Crippen LogP contribution in [0.2, 0.25) is 0 Å². The van der Waals surface area contributed by atoms with Crippen LogP contribution in [0.15, 0.2) is 11.8 Å². The zero-order valence-corrected chi connectivity index (χ0v) is 8.19. The van der Waals surface area contributed by atoms with E-state index in [1.54, 1.807) is 0 Å². The molecule has 0 aromatic heterocycles. The van der Waals surface area contributed by atoms with Crippen molar-refractivity contribution in [2.24, 2.45) is 0 Å². The molecular formula is C9H16O6. The molecule has 1 aliphatic heterocycles. The Morgan fingerprint density at radius 3 is 2.47 bits per heavy atom. The normalized spacial score (nSPS) is 42.5. The summed E-state index contributed by atoms with van der Waals surface area (Å²) in [5.41, 5.74) is 0. The molecule has 2 unspecified atom stereocenters. The predicted molar refractivity (Wildman–Crippen MR) is 49.9 cm³/mol. The zero-order chi connectivity index (χ0) is 12.5. The molecule has 0 radical (unpaired) electrons. The number of allylic oxidation sites excluding steroid dienone is 1. The van der Waals surface area contributed by atoms with Crippen LogP contribution in [0.3, 0.4) is 0 Å². The van der Waals surface area contributed by atoms with Crippen LogP contribution in [0, 0.1) is 0 Å². The Balaban J connectivity index is 2.72. The average molecular weight is 221 g/mol. The van der Waals surface area contributed by atoms with Crippen LogP contribution in [0.1, 0.15) is 14.7 Å². The molecule has 88 valence electrons. The molecule has 1 fully saturated rings. The van der Waals surface area contributed by atoms with Gasteiger partial charge in [-0.15, -0.1) is 0 Å². The molecule has 0 aliphatic carbocycles. The second-order valence-corrected chi connectivity index (χ2v) is 3.34. The first kappa shape index (κ1) is 10.8. The highest BCUT2D eigenvalue weighted by atomic mass is 16.6. The molecule has 15 heavy (non-hydrogen) atoms. The first-order valence-corrected chi connectivity index (χ1v) is 4.55. The van der Waals surface area contributed by atoms with Gasteiger partial charge in [-0.2, -0.15) is 0 Å². The summed E-state index contributed by atoms with van der Waals surface area (Å²) < 4.78 is 11.8. The second kappa shape index (κ2) is 4.91. The van der Waals surface area contributed by atoms with E-state index < -0.39 is 42.9 Å². The second-order valence-electron chi connectivity index (χ2n) is 3.34. The first-order valence-electron chi connectivity index (χ1n) is 5.13. The van der Waals surface area contributed by atoms with Crippen LogP contribution in [0.25, 0.3) is 0 Å². The number of hydrogen-bond acceptors (Lipinski definition) is 6. The van der Waals surface area contributed by atoms with Gasteiger partial charge >= 0.3 is 0 Å². The molecule has 1 saturated heterocycles. The molecule has 1 heterocycles. The van der Waals surface area contributed by atoms with E-state index in [0.29, 0.717) is 0 Å². The van der Waals surface area contributed by atoms with E-state index in [1.165, 1.54) is 6.92 Å². The van der Waals surface area contributed by atoms with Gasteiger partial charge in [0.05, 0.1) is 0 Å². The van der Waals surface area contributed by atoms with Crippen LogP contribution in [0.5, 0.6) is 0 Å². The molecule has 0 aromatic rings. The summed E-state index contributed by atoms with van der Waals surface area (Å²) in [5.74, 6) is -0.534. The van der Waals surface area contributed by atoms with Gasteiger partial charge in [-0.3, -0.25) is 0 Å². The average Bonchev–Trinajstić information content (AvgIpc) is 2.44. The standard InChI is InChI=1S/C9H16O6/c1-2-3-4(10)5(11)8-6(12)7(13)9(14)15-8/h3,5-14H,2H2,1H3/t5-,6-,7-,8-,9?/m1/s1/i2D/t2?,5-,6-,7-,8-,9?. The maximum absolute atomic E-state index is 9.56. The zero-order valence-electron chi connectivity index (χ0n) is 9.19. The maximum atomic E-state index is 9.56. The molecule has 1 aliphatic rings. The summed E-state index contributed by atoms with van der Waals surface area (Å²) >= 11 is 0. The van der Waals surface area contributed by atoms with Crippen LogP contribution in [0.4, 0.5) is 0 Å². The predicted octanol–water partition coefficient (Wildman–Crippen LogP) is -1.36. The van der Waals surface area contributed by atoms with Crippen molar-refractivity contribution in [3.05, 3.63) is 11.8 Å². The van der Waals surface area contributed by atoms with E-state index in [9.17, 15) is 20.4 Å². The van der Waals surface area contributed by atoms with E-state index in [1.807, 2.05) is 0 Å². The Morgan fingerprint density at radius 2 is 2.07 bits per heavy atom. The minimum absolute atomic E-state index is 0.534. The van der Waals surface area contributed by atoms with Crippen LogP contribution < -0.4 is 0 Å². The van der Waals surface area contributed by atoms with Crippen molar-refractivity contribution in [3.63, 3.8) is 0 Å². The molecule has 6 heteroatoms. The highest BCUT2D eigenvalue weighted by Crippen LogP contribution is 2.24. The van der Waals surface area contributed by atoms with Gasteiger partial charge in [0.15, 0.2) is 6.29 Å². The Hall–Kier alpha value is -0.660. The largest absolute Gasteiger partial charge is 0.510 e. The van der Waals surface area contributed by atoms with Crippen molar-refractivity contribution in [2.75, 3.05) is 0 Å². The SMILES string of the molecule is [2H]C(C)C=C(O)[C@@H](O)[C@H]1OC(O)[C@H](O)[C@H]1O. The maximum Gasteiger partial charge on any atom is 0.184 e. The molecule has 6 nitrogen and oxygen atoms in total. The summed E-state index contributed by atoms with van der Waals surface area (Å²) in [6.45, 7) is 1.47. The van der Waals surface area contributed by atoms with Crippen LogP contribution in [-0.4, -0.2) is 56.2 Å². The fourth-order valence-electron chi connectivity index (χ4n) is 1.38. The molecule has 0 saturated carbocycles. The highest BCUT2D eigenvalue weighted by Gasteiger charge is 2.46. The third kappa shape index (κ3) is 2.47. The lowest BCUT2D eigenvalue weighted by Gasteiger charge is -2.20. The van der Waals surface area contributed by atoms with Crippen molar-refractivity contribution in [3.8, 4) is 0 Å². The van der Waals surface area contributed by atoms with Gasteiger partial charge in [0.2, 0.25) is 0 Å². The summed E-state index contributed by atoms with van der Waals surface area (Å²) in [6.07, 6.45) is -7.20. The molecule has 0 spiro atoms. The van der Waals surface area contributed by atoms with E-state index in [4.69, 9.17) is 11.2 Å². The topological polar surface area (TPSA) is 110 Å². The van der Waals surface area contributed by atoms with Gasteiger partial charge in [0.1, 0.15) is 30.2 Å². The van der Waals surface area contributed by atoms with Crippen molar-refractivity contribution in [1.29, 1.82) is 0 Å². The lowest BCUT2D eigenvalue weighted by molar-refractivity contribution is -0.144. The Kier molecular flexibility index (Phi) is 3.55. The number of rotatable bonds is 3. The number of aliphatic hydroxyl groups excluding tert-OH is 5. The lowest BCUT2D eigenvalue weighted by atomic mass is 10.0. The first-order chi connectivity index (χ1) is 7.34. The number of hydrogen-bond donors (Lipinski definition) is 5. The fourth-order valence-corrected chi connectivity index (χ4v) is 1.38. The van der Waals surface area contributed by atoms with Crippen molar-refractivity contribution >= 4 is 0 Å². The van der Waals surface area contributed by atoms with Gasteiger partial charge in [-0.05, 0) is 12.5 Å². The van der Waals surface area contributed by atoms with Crippen LogP contribution >= 0.6 is 0 Å². The fraction of sp³-hybridized carbons (Fsp3) is 0.778. The van der Waals surface area contributed by atoms with Gasteiger partial charge in [0, 0.05) is 1.37 Å². The smallest absolute Gasteiger partial charge is 0.184 e. The van der Waals surface area contributed by atoms with Crippen molar-refractivity contribution in [2.45, 2.75) is 44.0 Å². The van der Waals surface area contributed by atoms with E-state index in [-0.39, 0.29) is 0 Å². The van der Waals surface area contributed by atoms with Gasteiger partial charge in [-0.25, -0.2) is 0 Å². The van der Waals surface area contributed by atoms with Crippen LogP contribution in [-0.2, 0) is 4.74 Å². The summed E-state index contributed by atoms with van der Waals surface area (Å²) in [6, 6.07) is 0. The molecule has 1 rings (SSSR count). The van der Waals surface area contributed by atoms with Crippen molar-refractivity contribution in [1.82, 2.24) is 0 Å². The number of ether oxygens (including phenoxy) is 1. The third-order valence-electron chi connectivity index (χ3n) is 2.23. The van der Waals surface area contributed by atoms with E-state index >= 15 is 0 Å². The Labute approximate surface area is 88.5 Å². The van der Waals surface area contributed by atoms with E-state index in [2.05, 4.69) is 0 Å². The van der Waals surface area contributed by atoms with Crippen molar-refractivity contribution < 1.29 is 31.6 Å². The highest BCUT2D eigenvalue weighted by molar-refractivity contribution is 5.05. The van der Waals surface area contributed by atoms with Gasteiger partial charge < -0.3 is 30.3 Å². The van der Waals surface area contributed by atoms with E-state index in [0.717, 1.165) is 6.08 Å². The monoisotopic (exact) mass is 221 g/mol. The lowest BCUT2D eigenvalue weighted by Crippen LogP contribution is -2.39. The summed E-state index contributed by atoms with van der Waals surface area (Å²) in [4.78, 5) is 0. The third-order valence-corrected chi connectivity index (χ3v) is 2.23. The quantitative estimate of drug-likeness (QED) is 0.376. The summed E-state index contributed by atoms with van der Waals surface area (Å²) in [7, 11) is 0. The molecular weight excluding hydrogens is 204 g/mol. The molecule has 6 atom stereocenters. The molecule has 0 aromatic carbocycles. The molecule has 0 bridgehead atoms. The molecule has 5 N–H and O–H groups in total. The minimum Gasteiger partial charge on any atom is -0.510 e. The van der Waals surface area contributed by atoms with Gasteiger partial charge in [0.25, 0.3) is 0 Å². The Morgan fingerprint density at radius 1 is 1.47 bits per heavy atom. The van der Waals surface area contributed by atoms with Gasteiger partial charge in [-0.1, -0.05) is 6.92 Å². The summed E-state index contributed by atoms with van der Waals surface area (Å²) in [5, 5.41) is 46.6. The molecule has 0 amide bonds. The Bertz CT molecular complexity index is 269. The number of aliphatic hydroxyl groups is 5.